The van der Waals surface area contributed by atoms with E-state index in [-0.39, 0.29) is 0 Å². The van der Waals surface area contributed by atoms with E-state index < -0.39 is 0 Å². The third-order valence-electron chi connectivity index (χ3n) is 1.76. The molecule has 0 unspecified atom stereocenters. The van der Waals surface area contributed by atoms with Crippen LogP contribution in [0.3, 0.4) is 0 Å². The summed E-state index contributed by atoms with van der Waals surface area (Å²) >= 11 is 0. The van der Waals surface area contributed by atoms with E-state index in [1.165, 1.54) is 0 Å². The van der Waals surface area contributed by atoms with Gasteiger partial charge in [-0.15, -0.1) is 0 Å². The van der Waals surface area contributed by atoms with Crippen LogP contribution in [-0.2, 0) is 0 Å². The molecule has 1 heterocycles. The zero-order valence-electron chi connectivity index (χ0n) is 6.86. The molecule has 0 radical (unpaired) electrons. The number of benzene rings is 1. The molecule has 1 aromatic carbocycles. The number of anilines is 2. The molecular weight excluding hydrogens is 166 g/mol. The number of hydrogen-bond acceptors (Lipinski definition) is 5. The molecule has 0 aliphatic carbocycles. The van der Waals surface area contributed by atoms with Crippen molar-refractivity contribution in [2.24, 2.45) is 5.84 Å². The number of aromatic nitrogens is 2. The topological polar surface area (TPSA) is 89.8 Å². The second-order valence-corrected chi connectivity index (χ2v) is 2.59. The van der Waals surface area contributed by atoms with Crippen LogP contribution in [0, 0.1) is 0 Å². The highest BCUT2D eigenvalue weighted by atomic mass is 15.3. The van der Waals surface area contributed by atoms with Gasteiger partial charge in [0, 0.05) is 5.39 Å². The lowest BCUT2D eigenvalue weighted by atomic mass is 10.2. The Morgan fingerprint density at radius 1 is 1.15 bits per heavy atom. The van der Waals surface area contributed by atoms with Gasteiger partial charge in [0.05, 0.1) is 5.52 Å². The predicted molar refractivity (Wildman–Crippen MR) is 51.8 cm³/mol. The third-order valence-corrected chi connectivity index (χ3v) is 1.76. The van der Waals surface area contributed by atoms with Crippen molar-refractivity contribution in [2.75, 3.05) is 11.2 Å². The largest absolute Gasteiger partial charge is 0.383 e. The summed E-state index contributed by atoms with van der Waals surface area (Å²) in [7, 11) is 0. The standard InChI is InChI=1S/C8H9N5/c9-7-5-3-1-2-4-6(5)11-8(12-7)13-10/h1-4H,10H2,(H3,9,11,12,13). The van der Waals surface area contributed by atoms with Crippen molar-refractivity contribution in [1.29, 1.82) is 0 Å². The van der Waals surface area contributed by atoms with Gasteiger partial charge in [-0.05, 0) is 12.1 Å². The predicted octanol–water partition coefficient (Wildman–Crippen LogP) is 0.498. The molecule has 0 amide bonds. The zero-order valence-corrected chi connectivity index (χ0v) is 6.86. The fourth-order valence-electron chi connectivity index (χ4n) is 1.17. The smallest absolute Gasteiger partial charge is 0.239 e. The maximum absolute atomic E-state index is 5.69. The van der Waals surface area contributed by atoms with E-state index in [4.69, 9.17) is 11.6 Å². The van der Waals surface area contributed by atoms with Gasteiger partial charge in [0.2, 0.25) is 5.95 Å². The van der Waals surface area contributed by atoms with Crippen LogP contribution < -0.4 is 17.0 Å². The Balaban J connectivity index is 2.77. The van der Waals surface area contributed by atoms with Crippen molar-refractivity contribution in [3.8, 4) is 0 Å². The molecule has 0 spiro atoms. The number of nitrogens with zero attached hydrogens (tertiary/aromatic N) is 2. The van der Waals surface area contributed by atoms with Gasteiger partial charge in [0.15, 0.2) is 0 Å². The summed E-state index contributed by atoms with van der Waals surface area (Å²) in [6, 6.07) is 7.49. The first-order valence-corrected chi connectivity index (χ1v) is 3.80. The molecule has 0 saturated carbocycles. The molecule has 1 aromatic heterocycles. The Labute approximate surface area is 74.8 Å². The lowest BCUT2D eigenvalue weighted by Crippen LogP contribution is -2.11. The Morgan fingerprint density at radius 3 is 2.69 bits per heavy atom. The van der Waals surface area contributed by atoms with Crippen LogP contribution in [0.25, 0.3) is 10.9 Å². The highest BCUT2D eigenvalue weighted by Crippen LogP contribution is 2.17. The first-order chi connectivity index (χ1) is 6.31. The number of hydrogen-bond donors (Lipinski definition) is 3. The lowest BCUT2D eigenvalue weighted by Gasteiger charge is -2.03. The summed E-state index contributed by atoms with van der Waals surface area (Å²) in [4.78, 5) is 8.08. The summed E-state index contributed by atoms with van der Waals surface area (Å²) in [6.45, 7) is 0. The molecule has 0 atom stereocenters. The van der Waals surface area contributed by atoms with Crippen LogP contribution >= 0.6 is 0 Å². The second kappa shape index (κ2) is 2.87. The van der Waals surface area contributed by atoms with Crippen molar-refractivity contribution >= 4 is 22.7 Å². The van der Waals surface area contributed by atoms with Gasteiger partial charge in [0.1, 0.15) is 5.82 Å². The van der Waals surface area contributed by atoms with Crippen molar-refractivity contribution in [2.45, 2.75) is 0 Å². The Bertz CT molecular complexity index is 439. The highest BCUT2D eigenvalue weighted by molar-refractivity contribution is 5.88. The van der Waals surface area contributed by atoms with Gasteiger partial charge < -0.3 is 5.73 Å². The summed E-state index contributed by atoms with van der Waals surface area (Å²) in [5.41, 5.74) is 8.82. The number of rotatable bonds is 1. The lowest BCUT2D eigenvalue weighted by molar-refractivity contribution is 1.16. The molecule has 5 nitrogen and oxygen atoms in total. The number of para-hydroxylation sites is 1. The van der Waals surface area contributed by atoms with Crippen molar-refractivity contribution < 1.29 is 0 Å². The first-order valence-electron chi connectivity index (χ1n) is 3.80. The van der Waals surface area contributed by atoms with Gasteiger partial charge in [-0.2, -0.15) is 4.98 Å². The average Bonchev–Trinajstić information content (AvgIpc) is 2.18. The van der Waals surface area contributed by atoms with Crippen LogP contribution in [0.1, 0.15) is 0 Å². The Hall–Kier alpha value is -1.88. The van der Waals surface area contributed by atoms with Crippen molar-refractivity contribution in [3.63, 3.8) is 0 Å². The van der Waals surface area contributed by atoms with Gasteiger partial charge in [-0.25, -0.2) is 10.8 Å². The summed E-state index contributed by atoms with van der Waals surface area (Å²) in [6.07, 6.45) is 0. The second-order valence-electron chi connectivity index (χ2n) is 2.59. The minimum absolute atomic E-state index is 0.330. The normalized spacial score (nSPS) is 10.2. The summed E-state index contributed by atoms with van der Waals surface area (Å²) < 4.78 is 0. The van der Waals surface area contributed by atoms with Crippen LogP contribution in [0.5, 0.6) is 0 Å². The highest BCUT2D eigenvalue weighted by Gasteiger charge is 2.01. The van der Waals surface area contributed by atoms with Crippen LogP contribution in [0.4, 0.5) is 11.8 Å². The van der Waals surface area contributed by atoms with E-state index in [1.54, 1.807) is 0 Å². The molecule has 0 saturated heterocycles. The van der Waals surface area contributed by atoms with Gasteiger partial charge >= 0.3 is 0 Å². The number of nitrogen functional groups attached to an aromatic ring is 2. The summed E-state index contributed by atoms with van der Waals surface area (Å²) in [5.74, 6) is 5.94. The molecule has 2 rings (SSSR count). The molecule has 0 bridgehead atoms. The molecule has 0 aliphatic heterocycles. The zero-order chi connectivity index (χ0) is 9.26. The fraction of sp³-hybridized carbons (Fsp3) is 0. The Morgan fingerprint density at radius 2 is 1.92 bits per heavy atom. The van der Waals surface area contributed by atoms with Crippen LogP contribution in [0.15, 0.2) is 24.3 Å². The molecule has 2 aromatic rings. The minimum Gasteiger partial charge on any atom is -0.383 e. The minimum atomic E-state index is 0.330. The van der Waals surface area contributed by atoms with Crippen LogP contribution in [0.2, 0.25) is 0 Å². The molecule has 0 fully saturated rings. The molecule has 66 valence electrons. The molecule has 5 N–H and O–H groups in total. The van der Waals surface area contributed by atoms with E-state index in [9.17, 15) is 0 Å². The molecule has 13 heavy (non-hydrogen) atoms. The quantitative estimate of drug-likeness (QED) is 0.433. The SMILES string of the molecule is NNc1nc(N)c2ccccc2n1. The van der Waals surface area contributed by atoms with E-state index in [1.807, 2.05) is 24.3 Å². The summed E-state index contributed by atoms with van der Waals surface area (Å²) in [5, 5.41) is 0.835. The first kappa shape index (κ1) is 7.75. The van der Waals surface area contributed by atoms with E-state index in [0.717, 1.165) is 10.9 Å². The van der Waals surface area contributed by atoms with Crippen LogP contribution in [-0.4, -0.2) is 9.97 Å². The fourth-order valence-corrected chi connectivity index (χ4v) is 1.17. The van der Waals surface area contributed by atoms with Gasteiger partial charge in [0.25, 0.3) is 0 Å². The number of fused-ring (bicyclic) bond motifs is 1. The van der Waals surface area contributed by atoms with E-state index in [0.29, 0.717) is 11.8 Å². The van der Waals surface area contributed by atoms with Crippen molar-refractivity contribution in [1.82, 2.24) is 9.97 Å². The van der Waals surface area contributed by atoms with E-state index in [2.05, 4.69) is 15.4 Å². The van der Waals surface area contributed by atoms with E-state index >= 15 is 0 Å². The van der Waals surface area contributed by atoms with Gasteiger partial charge in [-0.3, -0.25) is 5.43 Å². The number of nitrogens with one attached hydrogen (secondary N) is 1. The number of nitrogens with two attached hydrogens (primary N) is 2. The average molecular weight is 175 g/mol. The maximum atomic E-state index is 5.69. The van der Waals surface area contributed by atoms with Crippen molar-refractivity contribution in [3.05, 3.63) is 24.3 Å². The monoisotopic (exact) mass is 175 g/mol. The van der Waals surface area contributed by atoms with Gasteiger partial charge in [-0.1, -0.05) is 12.1 Å². The number of hydrazine groups is 1. The molecular formula is C8H9N5. The molecule has 0 aliphatic rings. The third kappa shape index (κ3) is 1.25. The molecule has 5 heteroatoms. The maximum Gasteiger partial charge on any atom is 0.239 e. The Kier molecular flexibility index (Phi) is 1.71.